The smallest absolute Gasteiger partial charge is 0.198 e. The second-order valence-electron chi connectivity index (χ2n) is 9.20. The number of piperazine rings is 1. The molecule has 0 spiro atoms. The normalized spacial score (nSPS) is 16.4. The molecule has 1 atom stereocenters. The maximum atomic E-state index is 14.6. The topological polar surface area (TPSA) is 19.4 Å². The number of hydrogen-bond acceptors (Lipinski definition) is 4. The van der Waals surface area contributed by atoms with Crippen LogP contribution in [0.1, 0.15) is 12.5 Å². The van der Waals surface area contributed by atoms with Crippen molar-refractivity contribution < 1.29 is 22.0 Å². The fourth-order valence-corrected chi connectivity index (χ4v) is 5.99. The van der Waals surface area contributed by atoms with Crippen LogP contribution in [0.5, 0.6) is 0 Å². The molecule has 0 amide bonds. The first kappa shape index (κ1) is 26.7. The summed E-state index contributed by atoms with van der Waals surface area (Å²) < 4.78 is 71.0. The third kappa shape index (κ3) is 4.72. The first-order valence-electron chi connectivity index (χ1n) is 11.9. The van der Waals surface area contributed by atoms with Crippen molar-refractivity contribution in [3.63, 3.8) is 0 Å². The van der Waals surface area contributed by atoms with E-state index in [1.807, 2.05) is 17.9 Å². The van der Waals surface area contributed by atoms with E-state index < -0.39 is 23.3 Å². The molecule has 0 aliphatic carbocycles. The van der Waals surface area contributed by atoms with Crippen LogP contribution in [0, 0.1) is 29.1 Å². The van der Waals surface area contributed by atoms with E-state index in [4.69, 9.17) is 11.6 Å². The zero-order chi connectivity index (χ0) is 27.1. The molecule has 2 heterocycles. The van der Waals surface area contributed by atoms with E-state index in [0.29, 0.717) is 41.3 Å². The minimum atomic E-state index is -1.80. The second-order valence-corrected chi connectivity index (χ2v) is 10.4. The highest BCUT2D eigenvalue weighted by Gasteiger charge is 2.30. The monoisotopic (exact) mass is 563 g/mol. The van der Waals surface area contributed by atoms with Gasteiger partial charge in [-0.1, -0.05) is 29.8 Å². The first-order chi connectivity index (χ1) is 18.2. The molecular formula is C28H23ClF5N3S. The Bertz CT molecular complexity index is 1530. The Hall–Kier alpha value is -2.88. The molecule has 3 nitrogen and oxygen atoms in total. The van der Waals surface area contributed by atoms with Gasteiger partial charge in [0.2, 0.25) is 0 Å². The highest BCUT2D eigenvalue weighted by atomic mass is 35.5. The fraction of sp³-hybridized carbons (Fsp3) is 0.250. The van der Waals surface area contributed by atoms with Crippen LogP contribution in [-0.2, 0) is 6.54 Å². The molecule has 1 saturated heterocycles. The van der Waals surface area contributed by atoms with Gasteiger partial charge in [-0.3, -0.25) is 9.88 Å². The van der Waals surface area contributed by atoms with Crippen LogP contribution >= 0.6 is 23.4 Å². The Balaban J connectivity index is 1.42. The number of benzene rings is 3. The van der Waals surface area contributed by atoms with Gasteiger partial charge in [0.05, 0.1) is 10.4 Å². The van der Waals surface area contributed by atoms with Crippen LogP contribution in [0.25, 0.3) is 22.0 Å². The molecule has 1 aliphatic rings. The molecule has 0 radical (unpaired) electrons. The van der Waals surface area contributed by atoms with Crippen molar-refractivity contribution in [1.29, 1.82) is 0 Å². The van der Waals surface area contributed by atoms with Crippen molar-refractivity contribution in [2.24, 2.45) is 0 Å². The van der Waals surface area contributed by atoms with Crippen LogP contribution in [0.2, 0.25) is 5.02 Å². The van der Waals surface area contributed by atoms with E-state index in [2.05, 4.69) is 9.88 Å². The van der Waals surface area contributed by atoms with E-state index in [0.717, 1.165) is 22.8 Å². The minimum absolute atomic E-state index is 0.0524. The third-order valence-electron chi connectivity index (χ3n) is 6.89. The van der Waals surface area contributed by atoms with Crippen molar-refractivity contribution in [1.82, 2.24) is 9.88 Å². The first-order valence-corrected chi connectivity index (χ1v) is 13.5. The predicted octanol–water partition coefficient (Wildman–Crippen LogP) is 7.68. The fourth-order valence-electron chi connectivity index (χ4n) is 5.06. The summed E-state index contributed by atoms with van der Waals surface area (Å²) in [5.74, 6) is -6.69. The molecule has 1 aromatic heterocycles. The molecule has 0 saturated carbocycles. The summed E-state index contributed by atoms with van der Waals surface area (Å²) >= 11 is 7.45. The summed E-state index contributed by atoms with van der Waals surface area (Å²) in [6.45, 7) is 3.42. The third-order valence-corrected chi connectivity index (χ3v) is 8.04. The van der Waals surface area contributed by atoms with E-state index in [1.54, 1.807) is 36.5 Å². The maximum Gasteiger partial charge on any atom is 0.198 e. The number of rotatable bonds is 5. The Labute approximate surface area is 226 Å². The number of fused-ring (bicyclic) bond motifs is 1. The number of anilines is 1. The molecule has 0 bridgehead atoms. The predicted molar refractivity (Wildman–Crippen MR) is 142 cm³/mol. The average molecular weight is 564 g/mol. The van der Waals surface area contributed by atoms with Crippen LogP contribution in [-0.4, -0.2) is 41.8 Å². The Morgan fingerprint density at radius 2 is 1.68 bits per heavy atom. The molecular weight excluding hydrogens is 541 g/mol. The molecule has 5 rings (SSSR count). The molecule has 3 aromatic carbocycles. The van der Waals surface area contributed by atoms with Crippen LogP contribution in [0.15, 0.2) is 53.6 Å². The summed E-state index contributed by atoms with van der Waals surface area (Å²) in [7, 11) is 0. The lowest BCUT2D eigenvalue weighted by molar-refractivity contribution is 0.214. The molecule has 4 aromatic rings. The standard InChI is InChI=1S/C28H23ClF5N3S/c1-15-13-36(14-19-24(31)25(32)26(33)27(34)28(19)38-2)9-10-37(15)23-7-8-35-22-12-17(20(29)11-18(22)23)16-5-3-4-6-21(16)30/h3-8,11-12,15H,9-10,13-14H2,1-2H3/t15-/m0/s1. The lowest BCUT2D eigenvalue weighted by atomic mass is 10.0. The molecule has 0 N–H and O–H groups in total. The van der Waals surface area contributed by atoms with Crippen molar-refractivity contribution in [3.8, 4) is 11.1 Å². The maximum absolute atomic E-state index is 14.6. The summed E-state index contributed by atoms with van der Waals surface area (Å²) in [6, 6.07) is 11.8. The number of nitrogens with zero attached hydrogens (tertiary/aromatic N) is 3. The zero-order valence-corrected chi connectivity index (χ0v) is 22.1. The number of thioether (sulfide) groups is 1. The van der Waals surface area contributed by atoms with Gasteiger partial charge in [0.25, 0.3) is 0 Å². The van der Waals surface area contributed by atoms with Crippen molar-refractivity contribution >= 4 is 40.0 Å². The Kier molecular flexibility index (Phi) is 7.53. The quantitative estimate of drug-likeness (QED) is 0.107. The largest absolute Gasteiger partial charge is 0.366 e. The van der Waals surface area contributed by atoms with Crippen molar-refractivity contribution in [2.75, 3.05) is 30.8 Å². The lowest BCUT2D eigenvalue weighted by Gasteiger charge is -2.42. The summed E-state index contributed by atoms with van der Waals surface area (Å²) in [5.41, 5.74) is 2.29. The summed E-state index contributed by atoms with van der Waals surface area (Å²) in [4.78, 5) is 8.31. The summed E-state index contributed by atoms with van der Waals surface area (Å²) in [6.07, 6.45) is 3.18. The van der Waals surface area contributed by atoms with Crippen LogP contribution in [0.4, 0.5) is 27.6 Å². The number of pyridine rings is 1. The second kappa shape index (κ2) is 10.7. The molecule has 10 heteroatoms. The van der Waals surface area contributed by atoms with Crippen LogP contribution < -0.4 is 4.90 Å². The van der Waals surface area contributed by atoms with Crippen molar-refractivity contribution in [2.45, 2.75) is 24.4 Å². The van der Waals surface area contributed by atoms with Crippen LogP contribution in [0.3, 0.4) is 0 Å². The van der Waals surface area contributed by atoms with E-state index in [9.17, 15) is 22.0 Å². The molecule has 38 heavy (non-hydrogen) atoms. The van der Waals surface area contributed by atoms with Gasteiger partial charge < -0.3 is 4.90 Å². The van der Waals surface area contributed by atoms with E-state index in [1.165, 1.54) is 12.3 Å². The van der Waals surface area contributed by atoms with Gasteiger partial charge in [-0.25, -0.2) is 22.0 Å². The zero-order valence-electron chi connectivity index (χ0n) is 20.5. The number of aromatic nitrogens is 1. The molecule has 1 fully saturated rings. The van der Waals surface area contributed by atoms with Gasteiger partial charge in [-0.2, -0.15) is 0 Å². The highest BCUT2D eigenvalue weighted by molar-refractivity contribution is 7.98. The highest BCUT2D eigenvalue weighted by Crippen LogP contribution is 2.38. The number of halogens is 6. The van der Waals surface area contributed by atoms with Gasteiger partial charge in [0.1, 0.15) is 5.82 Å². The van der Waals surface area contributed by atoms with Gasteiger partial charge in [-0.05, 0) is 37.4 Å². The summed E-state index contributed by atoms with van der Waals surface area (Å²) in [5, 5.41) is 1.19. The SMILES string of the molecule is CSc1c(F)c(F)c(F)c(F)c1CN1CCN(c2ccnc3cc(-c4ccccc4F)c(Cl)cc23)[C@@H](C)C1. The van der Waals surface area contributed by atoms with Gasteiger partial charge >= 0.3 is 0 Å². The van der Waals surface area contributed by atoms with Crippen molar-refractivity contribution in [3.05, 3.63) is 88.3 Å². The molecule has 0 unspecified atom stereocenters. The Morgan fingerprint density at radius 3 is 2.39 bits per heavy atom. The molecule has 1 aliphatic heterocycles. The van der Waals surface area contributed by atoms with E-state index in [-0.39, 0.29) is 28.9 Å². The average Bonchev–Trinajstić information content (AvgIpc) is 2.91. The molecule has 198 valence electrons. The van der Waals surface area contributed by atoms with Gasteiger partial charge in [0.15, 0.2) is 23.3 Å². The van der Waals surface area contributed by atoms with Gasteiger partial charge in [0, 0.05) is 71.2 Å². The minimum Gasteiger partial charge on any atom is -0.366 e. The number of hydrogen-bond donors (Lipinski definition) is 0. The van der Waals surface area contributed by atoms with Gasteiger partial charge in [-0.15, -0.1) is 11.8 Å². The Morgan fingerprint density at radius 1 is 0.947 bits per heavy atom. The van der Waals surface area contributed by atoms with E-state index >= 15 is 0 Å². The lowest BCUT2D eigenvalue weighted by Crippen LogP contribution is -2.51.